The molecule has 0 bridgehead atoms. The molecule has 1 aliphatic carbocycles. The van der Waals surface area contributed by atoms with Crippen LogP contribution in [-0.2, 0) is 13.0 Å². The number of rotatable bonds is 3. The first-order valence-corrected chi connectivity index (χ1v) is 7.03. The summed E-state index contributed by atoms with van der Waals surface area (Å²) >= 11 is 0. The van der Waals surface area contributed by atoms with Gasteiger partial charge in [-0.1, -0.05) is 13.0 Å². The van der Waals surface area contributed by atoms with E-state index in [1.165, 1.54) is 40.1 Å². The first-order valence-electron chi connectivity index (χ1n) is 7.03. The molecule has 2 nitrogen and oxygen atoms in total. The van der Waals surface area contributed by atoms with E-state index >= 15 is 0 Å². The Morgan fingerprint density at radius 1 is 1.26 bits per heavy atom. The van der Waals surface area contributed by atoms with Gasteiger partial charge in [-0.15, -0.1) is 0 Å². The van der Waals surface area contributed by atoms with Crippen LogP contribution in [0.25, 0.3) is 11.3 Å². The zero-order valence-corrected chi connectivity index (χ0v) is 12.2. The third kappa shape index (κ3) is 1.70. The smallest absolute Gasteiger partial charge is 0.119 e. The summed E-state index contributed by atoms with van der Waals surface area (Å²) in [6.45, 7) is 7.83. The van der Waals surface area contributed by atoms with Crippen molar-refractivity contribution in [2.45, 2.75) is 40.2 Å². The molecule has 0 unspecified atom stereocenters. The first kappa shape index (κ1) is 12.3. The number of ether oxygens (including phenoxy) is 1. The summed E-state index contributed by atoms with van der Waals surface area (Å²) < 4.78 is 7.86. The summed E-state index contributed by atoms with van der Waals surface area (Å²) in [6.07, 6.45) is 2.23. The van der Waals surface area contributed by atoms with Gasteiger partial charge in [-0.2, -0.15) is 0 Å². The van der Waals surface area contributed by atoms with Gasteiger partial charge in [-0.05, 0) is 49.1 Å². The minimum absolute atomic E-state index is 0.950. The summed E-state index contributed by atoms with van der Waals surface area (Å²) in [6, 6.07) is 6.46. The lowest BCUT2D eigenvalue weighted by atomic mass is 10.1. The van der Waals surface area contributed by atoms with Gasteiger partial charge < -0.3 is 9.30 Å². The van der Waals surface area contributed by atoms with Gasteiger partial charge in [-0.25, -0.2) is 0 Å². The van der Waals surface area contributed by atoms with Crippen molar-refractivity contribution in [1.29, 1.82) is 0 Å². The van der Waals surface area contributed by atoms with E-state index in [9.17, 15) is 0 Å². The normalized spacial score (nSPS) is 12.4. The molecule has 0 saturated heterocycles. The van der Waals surface area contributed by atoms with E-state index in [0.29, 0.717) is 0 Å². The van der Waals surface area contributed by atoms with Crippen molar-refractivity contribution in [3.8, 4) is 17.0 Å². The van der Waals surface area contributed by atoms with Gasteiger partial charge in [-0.3, -0.25) is 0 Å². The van der Waals surface area contributed by atoms with Gasteiger partial charge in [0.25, 0.3) is 0 Å². The monoisotopic (exact) mass is 255 g/mol. The van der Waals surface area contributed by atoms with E-state index in [2.05, 4.69) is 43.5 Å². The van der Waals surface area contributed by atoms with Crippen LogP contribution in [0.2, 0.25) is 0 Å². The minimum atomic E-state index is 0.950. The molecule has 0 radical (unpaired) electrons. The first-order chi connectivity index (χ1) is 9.17. The molecule has 0 atom stereocenters. The molecule has 3 rings (SSSR count). The van der Waals surface area contributed by atoms with Crippen LogP contribution in [0.1, 0.15) is 35.7 Å². The van der Waals surface area contributed by atoms with E-state index in [1.54, 1.807) is 7.11 Å². The van der Waals surface area contributed by atoms with E-state index in [0.717, 1.165) is 18.7 Å². The van der Waals surface area contributed by atoms with Crippen molar-refractivity contribution >= 4 is 0 Å². The summed E-state index contributed by atoms with van der Waals surface area (Å²) in [5.74, 6) is 0.950. The fraction of sp³-hybridized carbons (Fsp3) is 0.412. The number of methoxy groups -OCH3 is 1. The van der Waals surface area contributed by atoms with E-state index in [4.69, 9.17) is 4.74 Å². The van der Waals surface area contributed by atoms with Crippen LogP contribution in [0.15, 0.2) is 18.2 Å². The second-order valence-electron chi connectivity index (χ2n) is 5.39. The molecule has 0 aliphatic heterocycles. The minimum Gasteiger partial charge on any atom is -0.497 e. The van der Waals surface area contributed by atoms with E-state index < -0.39 is 0 Å². The summed E-state index contributed by atoms with van der Waals surface area (Å²) in [5, 5.41) is 0. The number of hydrogen-bond donors (Lipinski definition) is 0. The van der Waals surface area contributed by atoms with Crippen LogP contribution in [-0.4, -0.2) is 11.7 Å². The average Bonchev–Trinajstić information content (AvgIpc) is 2.90. The van der Waals surface area contributed by atoms with Crippen LogP contribution in [0, 0.1) is 13.8 Å². The number of hydrogen-bond acceptors (Lipinski definition) is 1. The van der Waals surface area contributed by atoms with Crippen molar-refractivity contribution in [2.24, 2.45) is 0 Å². The summed E-state index contributed by atoms with van der Waals surface area (Å²) in [5.41, 5.74) is 8.59. The lowest BCUT2D eigenvalue weighted by Gasteiger charge is -2.12. The Morgan fingerprint density at radius 3 is 2.74 bits per heavy atom. The Kier molecular flexibility index (Phi) is 2.89. The Labute approximate surface area is 115 Å². The van der Waals surface area contributed by atoms with Gasteiger partial charge in [0.1, 0.15) is 5.75 Å². The van der Waals surface area contributed by atoms with Gasteiger partial charge in [0.05, 0.1) is 12.8 Å². The molecule has 100 valence electrons. The second-order valence-corrected chi connectivity index (χ2v) is 5.39. The lowest BCUT2D eigenvalue weighted by molar-refractivity contribution is 0.415. The van der Waals surface area contributed by atoms with Crippen molar-refractivity contribution < 1.29 is 4.74 Å². The molecule has 1 heterocycles. The Balaban J connectivity index is 2.23. The average molecular weight is 255 g/mol. The molecule has 0 N–H and O–H groups in total. The van der Waals surface area contributed by atoms with Crippen LogP contribution in [0.5, 0.6) is 5.75 Å². The SMILES string of the molecule is CCCn1c(C)c(C)c2c1-c1cc(OC)ccc1C2. The summed E-state index contributed by atoms with van der Waals surface area (Å²) in [4.78, 5) is 0. The van der Waals surface area contributed by atoms with E-state index in [-0.39, 0.29) is 0 Å². The van der Waals surface area contributed by atoms with Gasteiger partial charge >= 0.3 is 0 Å². The molecule has 2 heteroatoms. The molecule has 19 heavy (non-hydrogen) atoms. The molecular weight excluding hydrogens is 234 g/mol. The van der Waals surface area contributed by atoms with Gasteiger partial charge in [0.2, 0.25) is 0 Å². The molecule has 0 saturated carbocycles. The topological polar surface area (TPSA) is 14.2 Å². The number of fused-ring (bicyclic) bond motifs is 3. The Hall–Kier alpha value is -1.70. The maximum atomic E-state index is 5.38. The predicted octanol–water partition coefficient (Wildman–Crippen LogP) is 4.09. The molecule has 1 aliphatic rings. The van der Waals surface area contributed by atoms with Crippen LogP contribution in [0.4, 0.5) is 0 Å². The largest absolute Gasteiger partial charge is 0.497 e. The van der Waals surface area contributed by atoms with Crippen molar-refractivity contribution in [1.82, 2.24) is 4.57 Å². The zero-order chi connectivity index (χ0) is 13.6. The molecule has 2 aromatic rings. The quantitative estimate of drug-likeness (QED) is 0.687. The van der Waals surface area contributed by atoms with Crippen molar-refractivity contribution in [3.63, 3.8) is 0 Å². The highest BCUT2D eigenvalue weighted by molar-refractivity contribution is 5.78. The van der Waals surface area contributed by atoms with Crippen molar-refractivity contribution in [3.05, 3.63) is 40.6 Å². The zero-order valence-electron chi connectivity index (χ0n) is 12.2. The van der Waals surface area contributed by atoms with Crippen molar-refractivity contribution in [2.75, 3.05) is 7.11 Å². The Morgan fingerprint density at radius 2 is 2.05 bits per heavy atom. The molecular formula is C17H21NO. The fourth-order valence-corrected chi connectivity index (χ4v) is 3.20. The number of nitrogens with zero attached hydrogens (tertiary/aromatic N) is 1. The third-order valence-electron chi connectivity index (χ3n) is 4.34. The molecule has 1 aromatic heterocycles. The molecule has 1 aromatic carbocycles. The van der Waals surface area contributed by atoms with Crippen LogP contribution >= 0.6 is 0 Å². The van der Waals surface area contributed by atoms with E-state index in [1.807, 2.05) is 0 Å². The maximum absolute atomic E-state index is 5.38. The van der Waals surface area contributed by atoms with Crippen LogP contribution in [0.3, 0.4) is 0 Å². The summed E-state index contributed by atoms with van der Waals surface area (Å²) in [7, 11) is 1.74. The highest BCUT2D eigenvalue weighted by atomic mass is 16.5. The molecule has 0 spiro atoms. The molecule has 0 fully saturated rings. The third-order valence-corrected chi connectivity index (χ3v) is 4.34. The maximum Gasteiger partial charge on any atom is 0.119 e. The highest BCUT2D eigenvalue weighted by Gasteiger charge is 2.26. The molecule has 0 amide bonds. The Bertz CT molecular complexity index is 637. The number of aromatic nitrogens is 1. The number of benzene rings is 1. The fourth-order valence-electron chi connectivity index (χ4n) is 3.20. The van der Waals surface area contributed by atoms with Gasteiger partial charge in [0.15, 0.2) is 0 Å². The lowest BCUT2D eigenvalue weighted by Crippen LogP contribution is -2.01. The second kappa shape index (κ2) is 4.44. The van der Waals surface area contributed by atoms with Gasteiger partial charge in [0, 0.05) is 24.2 Å². The predicted molar refractivity (Wildman–Crippen MR) is 79.0 cm³/mol. The standard InChI is InChI=1S/C17H21NO/c1-5-8-18-12(3)11(2)15-9-13-6-7-14(19-4)10-16(13)17(15)18/h6-7,10H,5,8-9H2,1-4H3. The van der Waals surface area contributed by atoms with Crippen LogP contribution < -0.4 is 4.74 Å². The highest BCUT2D eigenvalue weighted by Crippen LogP contribution is 2.42.